The fourth-order valence-corrected chi connectivity index (χ4v) is 4.51. The van der Waals surface area contributed by atoms with Crippen molar-refractivity contribution in [3.63, 3.8) is 0 Å². The standard InChI is InChI=1S/C26H29N9O4/c1-4-38-22-14-18(11-12-21(22)37-3)16(2)28-30-26(36)23-20(35(33-29-23)25-24(27)31-39-32-25)15-34-13-7-9-17-8-5-6-10-19(17)34/h5-6,8,10-12,14H,4,7,9,13,15H2,1-3H3,(H2,27,31)(H,30,36). The average Bonchev–Trinajstić information content (AvgIpc) is 3.57. The highest BCUT2D eigenvalue weighted by Gasteiger charge is 2.27. The molecule has 0 bridgehead atoms. The van der Waals surface area contributed by atoms with Gasteiger partial charge in [0, 0.05) is 17.8 Å². The Kier molecular flexibility index (Phi) is 7.39. The molecule has 3 N–H and O–H groups in total. The van der Waals surface area contributed by atoms with Gasteiger partial charge in [-0.2, -0.15) is 9.78 Å². The van der Waals surface area contributed by atoms with E-state index in [2.05, 4.69) is 48.2 Å². The van der Waals surface area contributed by atoms with E-state index in [1.807, 2.05) is 31.2 Å². The number of ether oxygens (including phenoxy) is 2. The number of benzene rings is 2. The van der Waals surface area contributed by atoms with Gasteiger partial charge in [-0.3, -0.25) is 4.79 Å². The van der Waals surface area contributed by atoms with Gasteiger partial charge in [-0.15, -0.1) is 5.10 Å². The second-order valence-corrected chi connectivity index (χ2v) is 8.86. The van der Waals surface area contributed by atoms with E-state index in [0.29, 0.717) is 36.1 Å². The predicted octanol–water partition coefficient (Wildman–Crippen LogP) is 2.75. The molecule has 202 valence electrons. The van der Waals surface area contributed by atoms with Crippen molar-refractivity contribution in [3.8, 4) is 17.3 Å². The van der Waals surface area contributed by atoms with Crippen molar-refractivity contribution in [2.45, 2.75) is 33.2 Å². The van der Waals surface area contributed by atoms with Gasteiger partial charge in [0.05, 0.1) is 31.7 Å². The van der Waals surface area contributed by atoms with Crippen molar-refractivity contribution in [3.05, 3.63) is 65.0 Å². The minimum atomic E-state index is -0.533. The summed E-state index contributed by atoms with van der Waals surface area (Å²) in [6.45, 7) is 5.29. The Bertz CT molecular complexity index is 1510. The van der Waals surface area contributed by atoms with Gasteiger partial charge in [-0.1, -0.05) is 23.4 Å². The van der Waals surface area contributed by atoms with Gasteiger partial charge in [-0.05, 0) is 66.8 Å². The fraction of sp³-hybridized carbons (Fsp3) is 0.308. The first-order valence-corrected chi connectivity index (χ1v) is 12.5. The fourth-order valence-electron chi connectivity index (χ4n) is 4.51. The van der Waals surface area contributed by atoms with Crippen LogP contribution in [0.25, 0.3) is 5.82 Å². The van der Waals surface area contributed by atoms with E-state index in [0.717, 1.165) is 30.6 Å². The van der Waals surface area contributed by atoms with Crippen LogP contribution in [0.5, 0.6) is 11.5 Å². The first-order valence-electron chi connectivity index (χ1n) is 12.5. The number of amides is 1. The lowest BCUT2D eigenvalue weighted by Crippen LogP contribution is -2.31. The molecular weight excluding hydrogens is 502 g/mol. The largest absolute Gasteiger partial charge is 0.493 e. The van der Waals surface area contributed by atoms with Gasteiger partial charge in [0.25, 0.3) is 5.91 Å². The second kappa shape index (κ2) is 11.2. The number of hydrazone groups is 1. The van der Waals surface area contributed by atoms with Crippen molar-refractivity contribution in [1.29, 1.82) is 0 Å². The summed E-state index contributed by atoms with van der Waals surface area (Å²) in [6.07, 6.45) is 1.96. The number of nitrogens with zero attached hydrogens (tertiary/aromatic N) is 7. The van der Waals surface area contributed by atoms with E-state index in [1.54, 1.807) is 20.1 Å². The molecule has 0 aliphatic carbocycles. The summed E-state index contributed by atoms with van der Waals surface area (Å²) in [4.78, 5) is 15.5. The van der Waals surface area contributed by atoms with Crippen LogP contribution in [-0.2, 0) is 13.0 Å². The normalized spacial score (nSPS) is 13.2. The van der Waals surface area contributed by atoms with E-state index >= 15 is 0 Å². The number of carbonyl (C=O) groups excluding carboxylic acids is 1. The van der Waals surface area contributed by atoms with Gasteiger partial charge in [-0.25, -0.2) is 10.1 Å². The van der Waals surface area contributed by atoms with Crippen LogP contribution in [0.1, 0.15) is 47.6 Å². The molecule has 39 heavy (non-hydrogen) atoms. The van der Waals surface area contributed by atoms with Crippen LogP contribution in [0.4, 0.5) is 11.5 Å². The number of nitrogens with two attached hydrogens (primary N) is 1. The maximum absolute atomic E-state index is 13.3. The maximum atomic E-state index is 13.3. The van der Waals surface area contributed by atoms with E-state index in [4.69, 9.17) is 19.8 Å². The van der Waals surface area contributed by atoms with Gasteiger partial charge in [0.15, 0.2) is 17.2 Å². The molecule has 0 unspecified atom stereocenters. The van der Waals surface area contributed by atoms with Crippen molar-refractivity contribution in [1.82, 2.24) is 30.7 Å². The van der Waals surface area contributed by atoms with Crippen molar-refractivity contribution < 1.29 is 18.9 Å². The number of hydrogen-bond donors (Lipinski definition) is 2. The van der Waals surface area contributed by atoms with Crippen molar-refractivity contribution >= 4 is 23.1 Å². The highest BCUT2D eigenvalue weighted by Crippen LogP contribution is 2.30. The highest BCUT2D eigenvalue weighted by atomic mass is 16.6. The zero-order valence-corrected chi connectivity index (χ0v) is 21.9. The lowest BCUT2D eigenvalue weighted by atomic mass is 10.0. The minimum Gasteiger partial charge on any atom is -0.493 e. The van der Waals surface area contributed by atoms with Gasteiger partial charge >= 0.3 is 0 Å². The molecule has 3 heterocycles. The number of para-hydroxylation sites is 1. The van der Waals surface area contributed by atoms with E-state index in [1.165, 1.54) is 10.2 Å². The minimum absolute atomic E-state index is 0.0330. The molecule has 2 aromatic carbocycles. The molecule has 13 nitrogen and oxygen atoms in total. The number of methoxy groups -OCH3 is 1. The number of anilines is 2. The van der Waals surface area contributed by atoms with E-state index < -0.39 is 5.91 Å². The number of nitrogen functional groups attached to an aromatic ring is 1. The van der Waals surface area contributed by atoms with E-state index in [-0.39, 0.29) is 17.3 Å². The number of aromatic nitrogens is 5. The zero-order chi connectivity index (χ0) is 27.4. The molecule has 0 spiro atoms. The number of carbonyl (C=O) groups is 1. The molecule has 1 aliphatic rings. The number of fused-ring (bicyclic) bond motifs is 1. The maximum Gasteiger partial charge on any atom is 0.293 e. The molecule has 5 rings (SSSR count). The average molecular weight is 532 g/mol. The van der Waals surface area contributed by atoms with Crippen LogP contribution in [0.2, 0.25) is 0 Å². The summed E-state index contributed by atoms with van der Waals surface area (Å²) >= 11 is 0. The predicted molar refractivity (Wildman–Crippen MR) is 143 cm³/mol. The summed E-state index contributed by atoms with van der Waals surface area (Å²) in [6, 6.07) is 13.6. The molecule has 0 saturated carbocycles. The molecule has 1 amide bonds. The smallest absolute Gasteiger partial charge is 0.293 e. The van der Waals surface area contributed by atoms with Gasteiger partial charge in [0.2, 0.25) is 11.6 Å². The Morgan fingerprint density at radius 2 is 2.05 bits per heavy atom. The third-order valence-electron chi connectivity index (χ3n) is 6.43. The van der Waals surface area contributed by atoms with Crippen LogP contribution in [0.3, 0.4) is 0 Å². The summed E-state index contributed by atoms with van der Waals surface area (Å²) < 4.78 is 17.2. The first kappa shape index (κ1) is 25.7. The zero-order valence-electron chi connectivity index (χ0n) is 21.9. The van der Waals surface area contributed by atoms with E-state index in [9.17, 15) is 4.79 Å². The Hall–Kier alpha value is -4.94. The molecule has 0 saturated heterocycles. The number of aryl methyl sites for hydroxylation is 1. The SMILES string of the molecule is CCOc1cc(C(C)=NNC(=O)c2nnn(-c3nonc3N)c2CN2CCCc3ccccc32)ccc1OC. The van der Waals surface area contributed by atoms with Crippen molar-refractivity contribution in [2.75, 3.05) is 30.9 Å². The monoisotopic (exact) mass is 531 g/mol. The summed E-state index contributed by atoms with van der Waals surface area (Å²) in [5.41, 5.74) is 12.8. The third-order valence-corrected chi connectivity index (χ3v) is 6.43. The Morgan fingerprint density at radius 1 is 1.21 bits per heavy atom. The quantitative estimate of drug-likeness (QED) is 0.243. The lowest BCUT2D eigenvalue weighted by molar-refractivity contribution is 0.0948. The molecule has 1 aliphatic heterocycles. The Morgan fingerprint density at radius 3 is 2.82 bits per heavy atom. The van der Waals surface area contributed by atoms with Crippen LogP contribution in [0, 0.1) is 0 Å². The van der Waals surface area contributed by atoms with Gasteiger partial charge in [0.1, 0.15) is 0 Å². The number of rotatable bonds is 9. The van der Waals surface area contributed by atoms with Gasteiger partial charge < -0.3 is 20.1 Å². The molecule has 0 radical (unpaired) electrons. The molecule has 13 heteroatoms. The van der Waals surface area contributed by atoms with Crippen LogP contribution < -0.4 is 25.5 Å². The first-order chi connectivity index (χ1) is 19.0. The molecular formula is C26H29N9O4. The number of nitrogens with one attached hydrogen (secondary N) is 1. The summed E-state index contributed by atoms with van der Waals surface area (Å²) in [7, 11) is 1.58. The molecule has 4 aromatic rings. The molecule has 2 aromatic heterocycles. The third kappa shape index (κ3) is 5.23. The molecule has 0 atom stereocenters. The topological polar surface area (TPSA) is 159 Å². The van der Waals surface area contributed by atoms with Crippen LogP contribution in [0.15, 0.2) is 52.2 Å². The van der Waals surface area contributed by atoms with Crippen molar-refractivity contribution in [2.24, 2.45) is 5.10 Å². The summed E-state index contributed by atoms with van der Waals surface area (Å²) in [5.74, 6) is 0.854. The Balaban J connectivity index is 1.44. The molecule has 0 fully saturated rings. The summed E-state index contributed by atoms with van der Waals surface area (Å²) in [5, 5.41) is 20.1. The Labute approximate surface area is 224 Å². The van der Waals surface area contributed by atoms with Crippen LogP contribution in [-0.4, -0.2) is 57.2 Å². The van der Waals surface area contributed by atoms with Crippen LogP contribution >= 0.6 is 0 Å². The lowest BCUT2D eigenvalue weighted by Gasteiger charge is -2.31. The number of hydrogen-bond acceptors (Lipinski definition) is 11. The second-order valence-electron chi connectivity index (χ2n) is 8.86. The highest BCUT2D eigenvalue weighted by molar-refractivity contribution is 6.01.